The van der Waals surface area contributed by atoms with E-state index in [0.29, 0.717) is 38.4 Å². The third-order valence-corrected chi connectivity index (χ3v) is 4.97. The van der Waals surface area contributed by atoms with Crippen molar-refractivity contribution in [1.82, 2.24) is 15.1 Å². The Bertz CT molecular complexity index is 875. The van der Waals surface area contributed by atoms with Crippen molar-refractivity contribution in [1.29, 1.82) is 5.26 Å². The van der Waals surface area contributed by atoms with Crippen molar-refractivity contribution < 1.29 is 33.8 Å². The van der Waals surface area contributed by atoms with Gasteiger partial charge in [0.2, 0.25) is 5.91 Å². The number of nitrogens with one attached hydrogen (secondary N) is 1. The molecular weight excluding hydrogens is 425 g/mol. The van der Waals surface area contributed by atoms with Gasteiger partial charge in [-0.05, 0) is 37.1 Å². The van der Waals surface area contributed by atoms with Crippen LogP contribution < -0.4 is 10.2 Å². The average molecular weight is 449 g/mol. The van der Waals surface area contributed by atoms with Crippen LogP contribution in [0.4, 0.5) is 14.9 Å². The topological polar surface area (TPSA) is 154 Å². The Labute approximate surface area is 183 Å². The molecule has 0 aliphatic carbocycles. The van der Waals surface area contributed by atoms with Crippen LogP contribution in [0.2, 0.25) is 0 Å². The average Bonchev–Trinajstić information content (AvgIpc) is 3.39. The maximum absolute atomic E-state index is 13.0. The minimum Gasteiger partial charge on any atom is -0.473 e. The number of likely N-dealkylation sites (tertiary alicyclic amines) is 1. The van der Waals surface area contributed by atoms with Crippen LogP contribution in [-0.2, 0) is 14.4 Å². The summed E-state index contributed by atoms with van der Waals surface area (Å²) in [5.41, 5.74) is 0.679. The highest BCUT2D eigenvalue weighted by Crippen LogP contribution is 2.20. The van der Waals surface area contributed by atoms with E-state index in [1.54, 1.807) is 26.8 Å². The van der Waals surface area contributed by atoms with Gasteiger partial charge in [0.25, 0.3) is 0 Å². The molecule has 32 heavy (non-hydrogen) atoms. The number of nitrogens with zero attached hydrogens (tertiary/aromatic N) is 4. The molecule has 2 aliphatic rings. The number of carbonyl (C=O) groups is 4. The Morgan fingerprint density at radius 1 is 1.12 bits per heavy atom. The highest BCUT2D eigenvalue weighted by Gasteiger charge is 2.30. The number of nitriles is 1. The highest BCUT2D eigenvalue weighted by molar-refractivity contribution is 6.27. The van der Waals surface area contributed by atoms with Gasteiger partial charge in [0.1, 0.15) is 11.9 Å². The molecule has 3 rings (SSSR count). The van der Waals surface area contributed by atoms with E-state index in [1.165, 1.54) is 12.1 Å². The molecule has 1 atom stereocenters. The molecule has 2 aliphatic heterocycles. The number of carboxylic acid groups (broad SMARTS) is 2. The molecule has 0 bridgehead atoms. The molecule has 12 heteroatoms. The first-order chi connectivity index (χ1) is 15.2. The molecule has 1 aromatic rings. The fourth-order valence-electron chi connectivity index (χ4n) is 3.36. The van der Waals surface area contributed by atoms with Crippen LogP contribution in [0.1, 0.15) is 12.8 Å². The zero-order chi connectivity index (χ0) is 23.7. The molecule has 3 amide bonds. The van der Waals surface area contributed by atoms with E-state index >= 15 is 0 Å². The number of amides is 3. The molecule has 1 aromatic carbocycles. The lowest BCUT2D eigenvalue weighted by Crippen LogP contribution is -2.43. The van der Waals surface area contributed by atoms with Crippen molar-refractivity contribution in [2.24, 2.45) is 0 Å². The number of carboxylic acids is 2. The van der Waals surface area contributed by atoms with Crippen molar-refractivity contribution in [3.63, 3.8) is 0 Å². The largest absolute Gasteiger partial charge is 0.473 e. The number of halogens is 1. The molecule has 0 saturated carbocycles. The van der Waals surface area contributed by atoms with Gasteiger partial charge in [-0.2, -0.15) is 5.26 Å². The van der Waals surface area contributed by atoms with E-state index in [4.69, 9.17) is 25.1 Å². The number of hydrogen-bond donors (Lipinski definition) is 3. The van der Waals surface area contributed by atoms with Crippen LogP contribution in [0.15, 0.2) is 24.3 Å². The maximum Gasteiger partial charge on any atom is 0.414 e. The lowest BCUT2D eigenvalue weighted by molar-refractivity contribution is -0.159. The summed E-state index contributed by atoms with van der Waals surface area (Å²) in [6, 6.07) is 7.59. The number of hydrogen-bond acceptors (Lipinski definition) is 6. The number of carbonyl (C=O) groups excluding carboxylic acids is 2. The lowest BCUT2D eigenvalue weighted by Gasteiger charge is -2.21. The van der Waals surface area contributed by atoms with Gasteiger partial charge in [-0.15, -0.1) is 0 Å². The fraction of sp³-hybridized carbons (Fsp3) is 0.450. The van der Waals surface area contributed by atoms with Crippen molar-refractivity contribution in [3.8, 4) is 6.07 Å². The predicted octanol–water partition coefficient (Wildman–Crippen LogP) is 0.327. The van der Waals surface area contributed by atoms with Crippen LogP contribution in [0.3, 0.4) is 0 Å². The summed E-state index contributed by atoms with van der Waals surface area (Å²) in [6.45, 7) is 2.94. The van der Waals surface area contributed by atoms with Gasteiger partial charge in [-0.25, -0.2) is 18.8 Å². The van der Waals surface area contributed by atoms with E-state index in [9.17, 15) is 14.0 Å². The van der Waals surface area contributed by atoms with Gasteiger partial charge in [0, 0.05) is 38.4 Å². The summed E-state index contributed by atoms with van der Waals surface area (Å²) in [4.78, 5) is 47.7. The van der Waals surface area contributed by atoms with Gasteiger partial charge in [-0.1, -0.05) is 0 Å². The Morgan fingerprint density at radius 3 is 2.38 bits per heavy atom. The summed E-state index contributed by atoms with van der Waals surface area (Å²) in [5, 5.41) is 26.9. The Kier molecular flexibility index (Phi) is 8.91. The summed E-state index contributed by atoms with van der Waals surface area (Å²) in [6.07, 6.45) is 1.61. The monoisotopic (exact) mass is 449 g/mol. The zero-order valence-corrected chi connectivity index (χ0v) is 17.2. The highest BCUT2D eigenvalue weighted by atomic mass is 19.1. The number of rotatable bonds is 6. The Morgan fingerprint density at radius 2 is 1.78 bits per heavy atom. The number of urea groups is 1. The molecular formula is C20H24FN5O6. The standard InChI is InChI=1S/C18H22FN5O2.C2H2O4/c19-14-3-5-15(6-4-14)24-11-10-22(18(24)26)9-7-21-13-17(25)23-8-1-2-16(23)12-20;3-1(4)2(5)6/h3-6,16,21H,1-2,7-11,13H2;(H,3,4)(H,5,6)/t16-;/m0./s1. The maximum atomic E-state index is 13.0. The smallest absolute Gasteiger partial charge is 0.414 e. The van der Waals surface area contributed by atoms with Crippen molar-refractivity contribution in [2.45, 2.75) is 18.9 Å². The minimum absolute atomic E-state index is 0.0743. The second-order valence-corrected chi connectivity index (χ2v) is 7.06. The van der Waals surface area contributed by atoms with Crippen LogP contribution >= 0.6 is 0 Å². The van der Waals surface area contributed by atoms with Gasteiger partial charge in [-0.3, -0.25) is 9.69 Å². The Balaban J connectivity index is 0.000000534. The van der Waals surface area contributed by atoms with E-state index in [-0.39, 0.29) is 30.3 Å². The van der Waals surface area contributed by atoms with Gasteiger partial charge in [0.15, 0.2) is 0 Å². The quantitative estimate of drug-likeness (QED) is 0.415. The van der Waals surface area contributed by atoms with Gasteiger partial charge in [0.05, 0.1) is 12.6 Å². The molecule has 0 radical (unpaired) electrons. The first kappa shape index (κ1) is 24.5. The third kappa shape index (κ3) is 6.64. The van der Waals surface area contributed by atoms with E-state index in [2.05, 4.69) is 11.4 Å². The van der Waals surface area contributed by atoms with Crippen LogP contribution in [0, 0.1) is 17.1 Å². The number of benzene rings is 1. The van der Waals surface area contributed by atoms with Crippen molar-refractivity contribution in [3.05, 3.63) is 30.1 Å². The van der Waals surface area contributed by atoms with Crippen molar-refractivity contribution in [2.75, 3.05) is 44.2 Å². The van der Waals surface area contributed by atoms with E-state index in [1.807, 2.05) is 0 Å². The molecule has 2 heterocycles. The lowest BCUT2D eigenvalue weighted by atomic mass is 10.2. The fourth-order valence-corrected chi connectivity index (χ4v) is 3.36. The minimum atomic E-state index is -1.82. The second-order valence-electron chi connectivity index (χ2n) is 7.06. The predicted molar refractivity (Wildman–Crippen MR) is 109 cm³/mol. The van der Waals surface area contributed by atoms with Gasteiger partial charge < -0.3 is 25.3 Å². The third-order valence-electron chi connectivity index (χ3n) is 4.97. The molecule has 172 valence electrons. The molecule has 0 unspecified atom stereocenters. The first-order valence-electron chi connectivity index (χ1n) is 9.92. The molecule has 2 fully saturated rings. The van der Waals surface area contributed by atoms with Crippen LogP contribution in [0.25, 0.3) is 0 Å². The number of anilines is 1. The van der Waals surface area contributed by atoms with Crippen molar-refractivity contribution >= 4 is 29.6 Å². The normalized spacial score (nSPS) is 17.6. The molecule has 3 N–H and O–H groups in total. The van der Waals surface area contributed by atoms with E-state index in [0.717, 1.165) is 12.8 Å². The summed E-state index contributed by atoms with van der Waals surface area (Å²) >= 11 is 0. The molecule has 11 nitrogen and oxygen atoms in total. The first-order valence-corrected chi connectivity index (χ1v) is 9.92. The van der Waals surface area contributed by atoms with Crippen LogP contribution in [0.5, 0.6) is 0 Å². The molecule has 2 saturated heterocycles. The van der Waals surface area contributed by atoms with Gasteiger partial charge >= 0.3 is 18.0 Å². The Hall–Kier alpha value is -3.72. The van der Waals surface area contributed by atoms with Crippen LogP contribution in [-0.4, -0.2) is 89.2 Å². The molecule has 0 aromatic heterocycles. The second kappa shape index (κ2) is 11.6. The SMILES string of the molecule is N#C[C@@H]1CCCN1C(=O)CNCCN1CCN(c2ccc(F)cc2)C1=O.O=C(O)C(=O)O. The summed E-state index contributed by atoms with van der Waals surface area (Å²) in [7, 11) is 0. The summed E-state index contributed by atoms with van der Waals surface area (Å²) < 4.78 is 13.0. The molecule has 0 spiro atoms. The number of aliphatic carboxylic acids is 2. The zero-order valence-electron chi connectivity index (χ0n) is 17.2. The van der Waals surface area contributed by atoms with E-state index < -0.39 is 11.9 Å². The summed E-state index contributed by atoms with van der Waals surface area (Å²) in [5.74, 6) is -4.05.